The zero-order chi connectivity index (χ0) is 22.3. The average molecular weight is 464 g/mol. The van der Waals surface area contributed by atoms with E-state index in [2.05, 4.69) is 31.2 Å². The van der Waals surface area contributed by atoms with Crippen LogP contribution in [-0.2, 0) is 11.2 Å². The number of hydrogen-bond acceptors (Lipinski definition) is 6. The Bertz CT molecular complexity index is 1070. The third-order valence-electron chi connectivity index (χ3n) is 5.76. The molecule has 0 saturated carbocycles. The highest BCUT2D eigenvalue weighted by Crippen LogP contribution is 2.41. The zero-order valence-electron chi connectivity index (χ0n) is 17.3. The molecule has 4 N–H and O–H groups in total. The Morgan fingerprint density at radius 3 is 2.42 bits per heavy atom. The predicted octanol–water partition coefficient (Wildman–Crippen LogP) is 3.29. The maximum atomic E-state index is 10.7. The second-order valence-electron chi connectivity index (χ2n) is 7.84. The minimum absolute atomic E-state index is 0.480. The monoisotopic (exact) mass is 463 g/mol. The van der Waals surface area contributed by atoms with E-state index in [1.165, 1.54) is 5.56 Å². The first-order valence-corrected chi connectivity index (χ1v) is 11.4. The summed E-state index contributed by atoms with van der Waals surface area (Å²) in [6.07, 6.45) is -3.39. The Labute approximate surface area is 190 Å². The number of ether oxygens (including phenoxy) is 1. The average Bonchev–Trinajstić information content (AvgIpc) is 3.11. The lowest BCUT2D eigenvalue weighted by molar-refractivity contribution is -0.250. The molecule has 3 aromatic rings. The molecule has 2 heterocycles. The van der Waals surface area contributed by atoms with Gasteiger partial charge in [0, 0.05) is 26.4 Å². The molecule has 0 amide bonds. The van der Waals surface area contributed by atoms with Crippen molar-refractivity contribution in [3.8, 4) is 0 Å². The Kier molecular flexibility index (Phi) is 6.65. The van der Waals surface area contributed by atoms with E-state index in [0.717, 1.165) is 32.7 Å². The molecule has 1 aromatic heterocycles. The summed E-state index contributed by atoms with van der Waals surface area (Å²) >= 11 is 7.92. The van der Waals surface area contributed by atoms with E-state index in [0.29, 0.717) is 5.02 Å². The molecule has 31 heavy (non-hydrogen) atoms. The van der Waals surface area contributed by atoms with Crippen LogP contribution in [0, 0.1) is 6.92 Å². The molecule has 2 aromatic carbocycles. The maximum Gasteiger partial charge on any atom is 0.163 e. The zero-order valence-corrected chi connectivity index (χ0v) is 18.8. The molecule has 4 rings (SSSR count). The van der Waals surface area contributed by atoms with Crippen LogP contribution in [0.5, 0.6) is 0 Å². The number of nitrogens with zero attached hydrogens (tertiary/aromatic N) is 1. The van der Waals surface area contributed by atoms with E-state index in [4.69, 9.17) is 16.3 Å². The number of aliphatic hydroxyl groups is 4. The third-order valence-corrected chi connectivity index (χ3v) is 7.02. The van der Waals surface area contributed by atoms with Crippen molar-refractivity contribution >= 4 is 34.3 Å². The van der Waals surface area contributed by atoms with Gasteiger partial charge < -0.3 is 29.7 Å². The highest BCUT2D eigenvalue weighted by molar-refractivity contribution is 7.99. The summed E-state index contributed by atoms with van der Waals surface area (Å²) in [5, 5.41) is 42.1. The van der Waals surface area contributed by atoms with Gasteiger partial charge in [-0.25, -0.2) is 0 Å². The smallest absolute Gasteiger partial charge is 0.163 e. The van der Waals surface area contributed by atoms with Gasteiger partial charge in [-0.05, 0) is 48.7 Å². The van der Waals surface area contributed by atoms with Gasteiger partial charge in [-0.2, -0.15) is 0 Å². The largest absolute Gasteiger partial charge is 0.394 e. The molecule has 1 aliphatic heterocycles. The molecule has 0 aliphatic carbocycles. The summed E-state index contributed by atoms with van der Waals surface area (Å²) in [6, 6.07) is 12.0. The van der Waals surface area contributed by atoms with E-state index < -0.39 is 37.3 Å². The normalized spacial score (nSPS) is 26.5. The van der Waals surface area contributed by atoms with E-state index in [-0.39, 0.29) is 0 Å². The van der Waals surface area contributed by atoms with Crippen molar-refractivity contribution in [2.45, 2.75) is 60.7 Å². The summed E-state index contributed by atoms with van der Waals surface area (Å²) in [4.78, 5) is 2.02. The van der Waals surface area contributed by atoms with Gasteiger partial charge in [-0.15, -0.1) is 0 Å². The molecule has 0 bridgehead atoms. The number of benzene rings is 2. The van der Waals surface area contributed by atoms with Crippen LogP contribution in [0.2, 0.25) is 5.02 Å². The first kappa shape index (κ1) is 22.6. The van der Waals surface area contributed by atoms with Crippen LogP contribution in [0.4, 0.5) is 0 Å². The van der Waals surface area contributed by atoms with Crippen molar-refractivity contribution in [3.63, 3.8) is 0 Å². The van der Waals surface area contributed by atoms with E-state index >= 15 is 0 Å². The van der Waals surface area contributed by atoms with Crippen molar-refractivity contribution in [2.24, 2.45) is 0 Å². The molecule has 1 saturated heterocycles. The molecule has 0 unspecified atom stereocenters. The number of rotatable bonds is 5. The Morgan fingerprint density at radius 2 is 1.77 bits per heavy atom. The van der Waals surface area contributed by atoms with Gasteiger partial charge in [-0.3, -0.25) is 0 Å². The SMILES string of the molecule is CCc1ccc(Sc2cn([C@@H]3O[C@H](CO)[C@@H](O)[C@H](O)[C@H]3O)c3cc(Cl)cc(C)c23)cc1. The lowest BCUT2D eigenvalue weighted by Crippen LogP contribution is -2.56. The van der Waals surface area contributed by atoms with Crippen LogP contribution >= 0.6 is 23.4 Å². The minimum Gasteiger partial charge on any atom is -0.394 e. The number of aliphatic hydroxyl groups excluding tert-OH is 4. The van der Waals surface area contributed by atoms with E-state index in [1.54, 1.807) is 22.4 Å². The van der Waals surface area contributed by atoms with Gasteiger partial charge in [0.15, 0.2) is 6.23 Å². The van der Waals surface area contributed by atoms with Gasteiger partial charge in [0.1, 0.15) is 24.4 Å². The van der Waals surface area contributed by atoms with Gasteiger partial charge in [0.05, 0.1) is 12.1 Å². The molecule has 6 nitrogen and oxygen atoms in total. The lowest BCUT2D eigenvalue weighted by Gasteiger charge is -2.40. The molecule has 1 aliphatic rings. The topological polar surface area (TPSA) is 95.1 Å². The van der Waals surface area contributed by atoms with E-state index in [1.807, 2.05) is 19.2 Å². The molecule has 5 atom stereocenters. The van der Waals surface area contributed by atoms with Gasteiger partial charge >= 0.3 is 0 Å². The fourth-order valence-electron chi connectivity index (χ4n) is 4.03. The fraction of sp³-hybridized carbons (Fsp3) is 0.391. The maximum absolute atomic E-state index is 10.7. The minimum atomic E-state index is -1.45. The van der Waals surface area contributed by atoms with Crippen molar-refractivity contribution in [2.75, 3.05) is 6.61 Å². The number of halogens is 1. The molecule has 0 spiro atoms. The Hall–Kier alpha value is -1.58. The number of fused-ring (bicyclic) bond motifs is 1. The summed E-state index contributed by atoms with van der Waals surface area (Å²) in [6.45, 7) is 3.60. The number of hydrogen-bond donors (Lipinski definition) is 4. The lowest BCUT2D eigenvalue weighted by atomic mass is 9.98. The van der Waals surface area contributed by atoms with E-state index in [9.17, 15) is 20.4 Å². The molecule has 8 heteroatoms. The quantitative estimate of drug-likeness (QED) is 0.464. The van der Waals surface area contributed by atoms with Crippen molar-refractivity contribution in [1.82, 2.24) is 4.57 Å². The first-order valence-electron chi connectivity index (χ1n) is 10.2. The highest BCUT2D eigenvalue weighted by atomic mass is 35.5. The molecule has 0 radical (unpaired) electrons. The molecule has 1 fully saturated rings. The Balaban J connectivity index is 1.80. The van der Waals surface area contributed by atoms with Gasteiger partial charge in [0.2, 0.25) is 0 Å². The second kappa shape index (κ2) is 9.11. The van der Waals surface area contributed by atoms with Crippen molar-refractivity contribution in [1.29, 1.82) is 0 Å². The molecular formula is C23H26ClNO5S. The molecular weight excluding hydrogens is 438 g/mol. The highest BCUT2D eigenvalue weighted by Gasteiger charge is 2.44. The van der Waals surface area contributed by atoms with Gasteiger partial charge in [-0.1, -0.05) is 42.4 Å². The van der Waals surface area contributed by atoms with Crippen LogP contribution in [0.3, 0.4) is 0 Å². The Morgan fingerprint density at radius 1 is 1.06 bits per heavy atom. The summed E-state index contributed by atoms with van der Waals surface area (Å²) in [5.74, 6) is 0. The summed E-state index contributed by atoms with van der Waals surface area (Å²) in [7, 11) is 0. The number of aromatic nitrogens is 1. The third kappa shape index (κ3) is 4.24. The van der Waals surface area contributed by atoms with Gasteiger partial charge in [0.25, 0.3) is 0 Å². The second-order valence-corrected chi connectivity index (χ2v) is 9.39. The molecule has 166 valence electrons. The van der Waals surface area contributed by atoms with Crippen LogP contribution in [-0.4, -0.2) is 56.0 Å². The standard InChI is InChI=1S/C23H26ClNO5S/c1-3-13-4-6-15(7-5-13)31-18-10-25(16-9-14(24)8-12(2)19(16)18)23-22(29)21(28)20(27)17(11-26)30-23/h4-10,17,20-23,26-29H,3,11H2,1-2H3/t17-,20-,21+,22-,23-/m1/s1. The van der Waals surface area contributed by atoms with Crippen molar-refractivity contribution in [3.05, 3.63) is 58.7 Å². The van der Waals surface area contributed by atoms with Crippen LogP contribution in [0.1, 0.15) is 24.3 Å². The van der Waals surface area contributed by atoms with Crippen LogP contribution < -0.4 is 0 Å². The summed E-state index contributed by atoms with van der Waals surface area (Å²) < 4.78 is 7.52. The van der Waals surface area contributed by atoms with Crippen LogP contribution in [0.25, 0.3) is 10.9 Å². The van der Waals surface area contributed by atoms with Crippen molar-refractivity contribution < 1.29 is 25.2 Å². The predicted molar refractivity (Wildman–Crippen MR) is 121 cm³/mol. The van der Waals surface area contributed by atoms with Crippen LogP contribution in [0.15, 0.2) is 52.4 Å². The fourth-order valence-corrected chi connectivity index (χ4v) is 5.36. The summed E-state index contributed by atoms with van der Waals surface area (Å²) in [5.41, 5.74) is 2.97. The first-order chi connectivity index (χ1) is 14.8. The number of aryl methyl sites for hydroxylation is 2.